The van der Waals surface area contributed by atoms with Crippen LogP contribution in [0.1, 0.15) is 20.3 Å². The molecule has 0 saturated carbocycles. The monoisotopic (exact) mass is 498 g/mol. The van der Waals surface area contributed by atoms with Gasteiger partial charge >= 0.3 is 0 Å². The minimum atomic E-state index is -3.07. The lowest BCUT2D eigenvalue weighted by Gasteiger charge is -2.30. The van der Waals surface area contributed by atoms with Gasteiger partial charge in [-0.1, -0.05) is 55.9 Å². The highest BCUT2D eigenvalue weighted by molar-refractivity contribution is 7.99. The molecular formula is C26H30N2O4S2. The number of rotatable bonds is 8. The van der Waals surface area contributed by atoms with Crippen molar-refractivity contribution in [3.63, 3.8) is 0 Å². The first-order chi connectivity index (χ1) is 16.3. The molecule has 0 aliphatic carbocycles. The van der Waals surface area contributed by atoms with E-state index in [4.69, 9.17) is 9.72 Å². The number of hydrogen-bond acceptors (Lipinski definition) is 6. The Morgan fingerprint density at radius 3 is 2.59 bits per heavy atom. The normalized spacial score (nSPS) is 17.2. The molecule has 1 fully saturated rings. The van der Waals surface area contributed by atoms with Crippen LogP contribution in [0.4, 0.5) is 0 Å². The maximum Gasteiger partial charge on any atom is 0.233 e. The van der Waals surface area contributed by atoms with Crippen molar-refractivity contribution < 1.29 is 17.9 Å². The molecule has 2 aromatic carbocycles. The molecule has 3 aromatic rings. The lowest BCUT2D eigenvalue weighted by Crippen LogP contribution is -2.44. The van der Waals surface area contributed by atoms with Gasteiger partial charge in [0.05, 0.1) is 34.9 Å². The van der Waals surface area contributed by atoms with Gasteiger partial charge in [0, 0.05) is 24.0 Å². The zero-order valence-corrected chi connectivity index (χ0v) is 21.4. The van der Waals surface area contributed by atoms with E-state index in [2.05, 4.69) is 12.1 Å². The van der Waals surface area contributed by atoms with Crippen LogP contribution in [0.25, 0.3) is 22.0 Å². The van der Waals surface area contributed by atoms with Crippen LogP contribution >= 0.6 is 11.8 Å². The number of fused-ring (bicyclic) bond motifs is 1. The second-order valence-electron chi connectivity index (χ2n) is 9.04. The highest BCUT2D eigenvalue weighted by Crippen LogP contribution is 2.33. The zero-order valence-electron chi connectivity index (χ0n) is 19.7. The van der Waals surface area contributed by atoms with Crippen molar-refractivity contribution in [2.24, 2.45) is 5.92 Å². The fourth-order valence-corrected chi connectivity index (χ4v) is 6.86. The lowest BCUT2D eigenvalue weighted by molar-refractivity contribution is -0.130. The Morgan fingerprint density at radius 1 is 1.18 bits per heavy atom. The molecular weight excluding hydrogens is 468 g/mol. The number of nitrogens with zero attached hydrogens (tertiary/aromatic N) is 2. The molecule has 1 saturated heterocycles. The molecule has 180 valence electrons. The highest BCUT2D eigenvalue weighted by atomic mass is 32.2. The second-order valence-corrected chi connectivity index (χ2v) is 12.3. The van der Waals surface area contributed by atoms with Gasteiger partial charge in [-0.15, -0.1) is 0 Å². The van der Waals surface area contributed by atoms with Crippen LogP contribution in [-0.2, 0) is 14.6 Å². The minimum Gasteiger partial charge on any atom is -0.497 e. The fraction of sp³-hybridized carbons (Fsp3) is 0.385. The summed E-state index contributed by atoms with van der Waals surface area (Å²) >= 11 is 1.39. The van der Waals surface area contributed by atoms with E-state index in [1.807, 2.05) is 56.3 Å². The SMILES string of the molecule is COc1ccc2c(-c3ccccc3)cc(SCC(=O)N(CC(C)C)C3CCS(=O)(=O)C3)nc2c1. The number of carbonyl (C=O) groups excluding carboxylic acids is 1. The topological polar surface area (TPSA) is 76.6 Å². The number of benzene rings is 2. The van der Waals surface area contributed by atoms with Crippen molar-refractivity contribution in [3.05, 3.63) is 54.6 Å². The number of sulfone groups is 1. The average Bonchev–Trinajstić information content (AvgIpc) is 3.19. The molecule has 0 N–H and O–H groups in total. The van der Waals surface area contributed by atoms with Crippen molar-refractivity contribution in [2.45, 2.75) is 31.3 Å². The first-order valence-electron chi connectivity index (χ1n) is 11.4. The van der Waals surface area contributed by atoms with Gasteiger partial charge in [0.1, 0.15) is 5.75 Å². The van der Waals surface area contributed by atoms with Crippen LogP contribution < -0.4 is 4.74 Å². The predicted molar refractivity (Wildman–Crippen MR) is 138 cm³/mol. The Labute approximate surface area is 205 Å². The summed E-state index contributed by atoms with van der Waals surface area (Å²) in [5.41, 5.74) is 2.92. The number of carbonyl (C=O) groups is 1. The van der Waals surface area contributed by atoms with Crippen LogP contribution in [0.5, 0.6) is 5.75 Å². The van der Waals surface area contributed by atoms with Crippen molar-refractivity contribution >= 4 is 38.4 Å². The number of ether oxygens (including phenoxy) is 1. The van der Waals surface area contributed by atoms with Crippen molar-refractivity contribution in [2.75, 3.05) is 30.9 Å². The number of thioether (sulfide) groups is 1. The van der Waals surface area contributed by atoms with Crippen molar-refractivity contribution in [3.8, 4) is 16.9 Å². The third kappa shape index (κ3) is 5.73. The zero-order chi connectivity index (χ0) is 24.3. The summed E-state index contributed by atoms with van der Waals surface area (Å²) in [5, 5.41) is 1.76. The molecule has 1 atom stereocenters. The van der Waals surface area contributed by atoms with E-state index in [-0.39, 0.29) is 35.1 Å². The Bertz CT molecular complexity index is 1280. The van der Waals surface area contributed by atoms with Gasteiger partial charge in [0.2, 0.25) is 5.91 Å². The quantitative estimate of drug-likeness (QED) is 0.420. The summed E-state index contributed by atoms with van der Waals surface area (Å²) in [6, 6.07) is 17.7. The number of aromatic nitrogens is 1. The Balaban J connectivity index is 1.61. The smallest absolute Gasteiger partial charge is 0.233 e. The molecule has 34 heavy (non-hydrogen) atoms. The number of pyridine rings is 1. The largest absolute Gasteiger partial charge is 0.497 e. The molecule has 1 aliphatic rings. The van der Waals surface area contributed by atoms with Gasteiger partial charge < -0.3 is 9.64 Å². The summed E-state index contributed by atoms with van der Waals surface area (Å²) in [6.45, 7) is 4.64. The van der Waals surface area contributed by atoms with Gasteiger partial charge in [-0.25, -0.2) is 13.4 Å². The summed E-state index contributed by atoms with van der Waals surface area (Å²) in [4.78, 5) is 19.8. The van der Waals surface area contributed by atoms with Crippen LogP contribution in [0.15, 0.2) is 59.6 Å². The van der Waals surface area contributed by atoms with E-state index in [0.29, 0.717) is 13.0 Å². The third-order valence-electron chi connectivity index (χ3n) is 5.95. The maximum absolute atomic E-state index is 13.2. The standard InChI is InChI=1S/C26H30N2O4S2/c1-18(2)15-28(20-11-12-34(30,31)17-20)26(29)16-33-25-14-23(19-7-5-4-6-8-19)22-10-9-21(32-3)13-24(22)27-25/h4-10,13-14,18,20H,11-12,15-17H2,1-3H3. The second kappa shape index (κ2) is 10.4. The summed E-state index contributed by atoms with van der Waals surface area (Å²) in [7, 11) is -1.44. The third-order valence-corrected chi connectivity index (χ3v) is 8.60. The predicted octanol–water partition coefficient (Wildman–Crippen LogP) is 4.67. The van der Waals surface area contributed by atoms with Crippen LogP contribution in [0, 0.1) is 5.92 Å². The number of hydrogen-bond donors (Lipinski definition) is 0. The molecule has 1 aromatic heterocycles. The van der Waals surface area contributed by atoms with Gasteiger partial charge in [0.25, 0.3) is 0 Å². The number of methoxy groups -OCH3 is 1. The molecule has 1 unspecified atom stereocenters. The summed E-state index contributed by atoms with van der Waals surface area (Å²) < 4.78 is 29.4. The van der Waals surface area contributed by atoms with Gasteiger partial charge in [0.15, 0.2) is 9.84 Å². The van der Waals surface area contributed by atoms with Gasteiger partial charge in [-0.3, -0.25) is 4.79 Å². The lowest BCUT2D eigenvalue weighted by atomic mass is 10.0. The van der Waals surface area contributed by atoms with Crippen LogP contribution in [0.2, 0.25) is 0 Å². The minimum absolute atomic E-state index is 0.0467. The Morgan fingerprint density at radius 2 is 1.94 bits per heavy atom. The molecule has 8 heteroatoms. The molecule has 4 rings (SSSR count). The van der Waals surface area contributed by atoms with Gasteiger partial charge in [-0.2, -0.15) is 0 Å². The van der Waals surface area contributed by atoms with Crippen LogP contribution in [0.3, 0.4) is 0 Å². The maximum atomic E-state index is 13.2. The number of amides is 1. The first-order valence-corrected chi connectivity index (χ1v) is 14.2. The van der Waals surface area contributed by atoms with E-state index >= 15 is 0 Å². The van der Waals surface area contributed by atoms with E-state index in [0.717, 1.165) is 32.8 Å². The molecule has 1 amide bonds. The van der Waals surface area contributed by atoms with E-state index < -0.39 is 9.84 Å². The van der Waals surface area contributed by atoms with Crippen LogP contribution in [-0.4, -0.2) is 61.2 Å². The van der Waals surface area contributed by atoms with Gasteiger partial charge in [-0.05, 0) is 41.7 Å². The Hall–Kier alpha value is -2.58. The van der Waals surface area contributed by atoms with E-state index in [1.54, 1.807) is 12.0 Å². The van der Waals surface area contributed by atoms with E-state index in [1.165, 1.54) is 11.8 Å². The molecule has 1 aliphatic heterocycles. The van der Waals surface area contributed by atoms with Crippen molar-refractivity contribution in [1.82, 2.24) is 9.88 Å². The molecule has 0 radical (unpaired) electrons. The fourth-order valence-electron chi connectivity index (χ4n) is 4.33. The molecule has 0 spiro atoms. The van der Waals surface area contributed by atoms with Crippen molar-refractivity contribution in [1.29, 1.82) is 0 Å². The molecule has 0 bridgehead atoms. The van der Waals surface area contributed by atoms with E-state index in [9.17, 15) is 13.2 Å². The first kappa shape index (κ1) is 24.5. The Kier molecular flexibility index (Phi) is 7.48. The summed E-state index contributed by atoms with van der Waals surface area (Å²) in [5.74, 6) is 1.36. The highest BCUT2D eigenvalue weighted by Gasteiger charge is 2.34. The summed E-state index contributed by atoms with van der Waals surface area (Å²) in [6.07, 6.45) is 0.512. The molecule has 6 nitrogen and oxygen atoms in total. The molecule has 2 heterocycles. The average molecular weight is 499 g/mol.